The Kier molecular flexibility index (Phi) is 6.37. The largest absolute Gasteiger partial charge is 0.497 e. The first-order valence-corrected chi connectivity index (χ1v) is 10.8. The molecule has 0 N–H and O–H groups in total. The van der Waals surface area contributed by atoms with Crippen LogP contribution >= 0.6 is 0 Å². The molecule has 1 fully saturated rings. The maximum absolute atomic E-state index is 12.8. The van der Waals surface area contributed by atoms with E-state index in [9.17, 15) is 4.79 Å². The van der Waals surface area contributed by atoms with Gasteiger partial charge in [-0.25, -0.2) is 4.79 Å². The summed E-state index contributed by atoms with van der Waals surface area (Å²) in [7, 11) is 1.69. The molecule has 2 aromatic carbocycles. The van der Waals surface area contributed by atoms with Gasteiger partial charge < -0.3 is 14.4 Å². The van der Waals surface area contributed by atoms with E-state index in [0.717, 1.165) is 54.1 Å². The Hall–Kier alpha value is -3.12. The predicted octanol–water partition coefficient (Wildman–Crippen LogP) is 4.05. The number of rotatable bonds is 6. The quantitative estimate of drug-likeness (QED) is 0.562. The van der Waals surface area contributed by atoms with Crippen molar-refractivity contribution in [3.63, 3.8) is 0 Å². The summed E-state index contributed by atoms with van der Waals surface area (Å²) in [5.74, 6) is 0.582. The minimum Gasteiger partial charge on any atom is -0.497 e. The normalized spacial score (nSPS) is 14.6. The van der Waals surface area contributed by atoms with Crippen molar-refractivity contribution in [1.29, 1.82) is 0 Å². The molecule has 0 radical (unpaired) electrons. The third kappa shape index (κ3) is 4.49. The second-order valence-electron chi connectivity index (χ2n) is 7.76. The number of pyridine rings is 1. The molecular formula is C25H29N3O3. The molecule has 0 bridgehead atoms. The summed E-state index contributed by atoms with van der Waals surface area (Å²) in [6, 6.07) is 16.1. The second-order valence-corrected chi connectivity index (χ2v) is 7.76. The number of aryl methyl sites for hydroxylation is 1. The molecule has 0 aliphatic carbocycles. The number of ether oxygens (including phenoxy) is 2. The molecular weight excluding hydrogens is 390 g/mol. The van der Waals surface area contributed by atoms with Crippen molar-refractivity contribution in [2.75, 3.05) is 44.8 Å². The minimum absolute atomic E-state index is 0.289. The molecule has 4 rings (SSSR count). The van der Waals surface area contributed by atoms with E-state index >= 15 is 0 Å². The predicted molar refractivity (Wildman–Crippen MR) is 123 cm³/mol. The fraction of sp³-hybridized carbons (Fsp3) is 0.360. The lowest BCUT2D eigenvalue weighted by atomic mass is 10.0. The van der Waals surface area contributed by atoms with Crippen LogP contribution in [0, 0.1) is 6.92 Å². The van der Waals surface area contributed by atoms with E-state index in [0.29, 0.717) is 18.7 Å². The minimum atomic E-state index is -0.289. The Labute approximate surface area is 183 Å². The zero-order chi connectivity index (χ0) is 21.8. The van der Waals surface area contributed by atoms with E-state index in [4.69, 9.17) is 14.5 Å². The highest BCUT2D eigenvalue weighted by molar-refractivity contribution is 5.98. The number of benzene rings is 2. The average molecular weight is 420 g/mol. The van der Waals surface area contributed by atoms with E-state index in [1.54, 1.807) is 7.11 Å². The molecule has 0 atom stereocenters. The molecule has 1 aliphatic heterocycles. The standard InChI is InChI=1S/C25H29N3O3/c1-4-31-25(29)24-18(2)21-10-5-6-11-22(21)26-23(24)17-27-12-14-28(15-13-27)19-8-7-9-20(16-19)30-3/h5-11,16H,4,12-15,17H2,1-3H3. The molecule has 3 aromatic rings. The Morgan fingerprint density at radius 2 is 1.84 bits per heavy atom. The van der Waals surface area contributed by atoms with Crippen molar-refractivity contribution in [2.24, 2.45) is 0 Å². The molecule has 2 heterocycles. The van der Waals surface area contributed by atoms with Crippen LogP contribution in [0.3, 0.4) is 0 Å². The fourth-order valence-electron chi connectivity index (χ4n) is 4.21. The van der Waals surface area contributed by atoms with Crippen LogP contribution in [0.15, 0.2) is 48.5 Å². The summed E-state index contributed by atoms with van der Waals surface area (Å²) in [4.78, 5) is 22.4. The van der Waals surface area contributed by atoms with Gasteiger partial charge in [-0.15, -0.1) is 0 Å². The number of carbonyl (C=O) groups is 1. The molecule has 0 unspecified atom stereocenters. The highest BCUT2D eigenvalue weighted by Crippen LogP contribution is 2.26. The number of esters is 1. The number of hydrogen-bond acceptors (Lipinski definition) is 6. The molecule has 31 heavy (non-hydrogen) atoms. The van der Waals surface area contributed by atoms with Crippen LogP contribution in [-0.2, 0) is 11.3 Å². The Morgan fingerprint density at radius 1 is 1.06 bits per heavy atom. The van der Waals surface area contributed by atoms with E-state index in [1.165, 1.54) is 5.69 Å². The summed E-state index contributed by atoms with van der Waals surface area (Å²) in [6.07, 6.45) is 0. The molecule has 0 spiro atoms. The summed E-state index contributed by atoms with van der Waals surface area (Å²) in [5.41, 5.74) is 4.43. The Morgan fingerprint density at radius 3 is 2.58 bits per heavy atom. The third-order valence-electron chi connectivity index (χ3n) is 5.87. The van der Waals surface area contributed by atoms with Gasteiger partial charge in [0.25, 0.3) is 0 Å². The van der Waals surface area contributed by atoms with Gasteiger partial charge in [0.15, 0.2) is 0 Å². The lowest BCUT2D eigenvalue weighted by molar-refractivity contribution is 0.0522. The van der Waals surface area contributed by atoms with E-state index in [2.05, 4.69) is 21.9 Å². The van der Waals surface area contributed by atoms with Gasteiger partial charge >= 0.3 is 5.97 Å². The molecule has 1 saturated heterocycles. The van der Waals surface area contributed by atoms with Crippen molar-refractivity contribution in [1.82, 2.24) is 9.88 Å². The SMILES string of the molecule is CCOC(=O)c1c(CN2CCN(c3cccc(OC)c3)CC2)nc2ccccc2c1C. The van der Waals surface area contributed by atoms with Gasteiger partial charge in [-0.2, -0.15) is 0 Å². The number of anilines is 1. The van der Waals surface area contributed by atoms with Gasteiger partial charge in [0.05, 0.1) is 30.5 Å². The van der Waals surface area contributed by atoms with E-state index in [-0.39, 0.29) is 5.97 Å². The maximum Gasteiger partial charge on any atom is 0.340 e. The number of hydrogen-bond donors (Lipinski definition) is 0. The van der Waals surface area contributed by atoms with Crippen LogP contribution in [0.5, 0.6) is 5.75 Å². The van der Waals surface area contributed by atoms with Crippen molar-refractivity contribution in [3.05, 3.63) is 65.4 Å². The summed E-state index contributed by atoms with van der Waals surface area (Å²) in [6.45, 7) is 8.41. The smallest absolute Gasteiger partial charge is 0.340 e. The summed E-state index contributed by atoms with van der Waals surface area (Å²) < 4.78 is 10.7. The van der Waals surface area contributed by atoms with Gasteiger partial charge in [0, 0.05) is 49.9 Å². The molecule has 1 aromatic heterocycles. The zero-order valence-corrected chi connectivity index (χ0v) is 18.4. The van der Waals surface area contributed by atoms with Gasteiger partial charge in [0.2, 0.25) is 0 Å². The lowest BCUT2D eigenvalue weighted by Gasteiger charge is -2.36. The molecule has 0 amide bonds. The number of aromatic nitrogens is 1. The molecule has 0 saturated carbocycles. The van der Waals surface area contributed by atoms with E-state index < -0.39 is 0 Å². The zero-order valence-electron chi connectivity index (χ0n) is 18.4. The van der Waals surface area contributed by atoms with Crippen LogP contribution in [-0.4, -0.2) is 55.7 Å². The van der Waals surface area contributed by atoms with Gasteiger partial charge in [-0.3, -0.25) is 9.88 Å². The maximum atomic E-state index is 12.8. The third-order valence-corrected chi connectivity index (χ3v) is 5.87. The van der Waals surface area contributed by atoms with Crippen molar-refractivity contribution < 1.29 is 14.3 Å². The molecule has 6 heteroatoms. The van der Waals surface area contributed by atoms with Gasteiger partial charge in [-0.05, 0) is 37.6 Å². The van der Waals surface area contributed by atoms with Crippen molar-refractivity contribution >= 4 is 22.6 Å². The highest BCUT2D eigenvalue weighted by Gasteiger charge is 2.24. The van der Waals surface area contributed by atoms with Gasteiger partial charge in [-0.1, -0.05) is 24.3 Å². The molecule has 1 aliphatic rings. The number of piperazine rings is 1. The monoisotopic (exact) mass is 419 g/mol. The molecule has 6 nitrogen and oxygen atoms in total. The number of para-hydroxylation sites is 1. The first kappa shape index (κ1) is 21.1. The van der Waals surface area contributed by atoms with Crippen LogP contribution < -0.4 is 9.64 Å². The first-order chi connectivity index (χ1) is 15.1. The van der Waals surface area contributed by atoms with E-state index in [1.807, 2.05) is 50.2 Å². The van der Waals surface area contributed by atoms with Crippen LogP contribution in [0.4, 0.5) is 5.69 Å². The summed E-state index contributed by atoms with van der Waals surface area (Å²) in [5, 5.41) is 0.997. The fourth-order valence-corrected chi connectivity index (χ4v) is 4.21. The lowest BCUT2D eigenvalue weighted by Crippen LogP contribution is -2.46. The van der Waals surface area contributed by atoms with Crippen LogP contribution in [0.2, 0.25) is 0 Å². The van der Waals surface area contributed by atoms with Crippen LogP contribution in [0.1, 0.15) is 28.5 Å². The van der Waals surface area contributed by atoms with Crippen LogP contribution in [0.25, 0.3) is 10.9 Å². The first-order valence-electron chi connectivity index (χ1n) is 10.8. The van der Waals surface area contributed by atoms with Crippen molar-refractivity contribution in [2.45, 2.75) is 20.4 Å². The topological polar surface area (TPSA) is 54.9 Å². The Bertz CT molecular complexity index is 1070. The highest BCUT2D eigenvalue weighted by atomic mass is 16.5. The summed E-state index contributed by atoms with van der Waals surface area (Å²) >= 11 is 0. The van der Waals surface area contributed by atoms with Crippen molar-refractivity contribution in [3.8, 4) is 5.75 Å². The second kappa shape index (κ2) is 9.35. The number of carbonyl (C=O) groups excluding carboxylic acids is 1. The number of nitrogens with zero attached hydrogens (tertiary/aromatic N) is 3. The number of fused-ring (bicyclic) bond motifs is 1. The molecule has 162 valence electrons. The average Bonchev–Trinajstić information content (AvgIpc) is 2.80. The van der Waals surface area contributed by atoms with Gasteiger partial charge in [0.1, 0.15) is 5.75 Å². The number of methoxy groups -OCH3 is 1. The Balaban J connectivity index is 1.54.